The van der Waals surface area contributed by atoms with Gasteiger partial charge < -0.3 is 5.32 Å². The summed E-state index contributed by atoms with van der Waals surface area (Å²) in [5, 5.41) is 3.34. The first-order valence-corrected chi connectivity index (χ1v) is 8.10. The van der Waals surface area contributed by atoms with E-state index in [1.165, 1.54) is 12.1 Å². The van der Waals surface area contributed by atoms with E-state index in [4.69, 9.17) is 34.8 Å². The van der Waals surface area contributed by atoms with Crippen molar-refractivity contribution in [2.24, 2.45) is 0 Å². The fourth-order valence-corrected chi connectivity index (χ4v) is 3.05. The van der Waals surface area contributed by atoms with Gasteiger partial charge in [0.25, 0.3) is 11.8 Å². The Balaban J connectivity index is 1.97. The fourth-order valence-electron chi connectivity index (χ4n) is 2.34. The van der Waals surface area contributed by atoms with Crippen LogP contribution >= 0.6 is 34.8 Å². The van der Waals surface area contributed by atoms with Crippen LogP contribution in [0.5, 0.6) is 0 Å². The summed E-state index contributed by atoms with van der Waals surface area (Å²) in [6.45, 7) is 1.88. The van der Waals surface area contributed by atoms with E-state index >= 15 is 0 Å². The summed E-state index contributed by atoms with van der Waals surface area (Å²) in [4.78, 5) is 26.0. The van der Waals surface area contributed by atoms with Crippen molar-refractivity contribution in [3.8, 4) is 0 Å². The maximum Gasteiger partial charge on any atom is 0.283 e. The van der Waals surface area contributed by atoms with Crippen molar-refractivity contribution < 1.29 is 9.59 Å². The Morgan fingerprint density at radius 3 is 2.33 bits per heavy atom. The summed E-state index contributed by atoms with van der Waals surface area (Å²) in [6.07, 6.45) is 0. The number of nitrogens with one attached hydrogen (secondary N) is 1. The molecule has 0 bridgehead atoms. The van der Waals surface area contributed by atoms with E-state index in [1.807, 2.05) is 25.1 Å². The molecule has 0 aliphatic carbocycles. The second kappa shape index (κ2) is 6.48. The van der Waals surface area contributed by atoms with Crippen molar-refractivity contribution in [2.75, 3.05) is 10.2 Å². The van der Waals surface area contributed by atoms with Crippen molar-refractivity contribution in [2.45, 2.75) is 6.92 Å². The van der Waals surface area contributed by atoms with E-state index < -0.39 is 11.8 Å². The molecular formula is C17H11Cl3N2O2. The molecule has 4 nitrogen and oxygen atoms in total. The van der Waals surface area contributed by atoms with Crippen molar-refractivity contribution in [1.82, 2.24) is 0 Å². The molecule has 1 aliphatic heterocycles. The minimum atomic E-state index is -0.637. The highest BCUT2D eigenvalue weighted by atomic mass is 35.5. The summed E-state index contributed by atoms with van der Waals surface area (Å²) in [6, 6.07) is 11.9. The van der Waals surface area contributed by atoms with Crippen LogP contribution in [-0.2, 0) is 9.59 Å². The number of hydrogen-bond acceptors (Lipinski definition) is 3. The number of aryl methyl sites for hydroxylation is 1. The molecule has 1 N–H and O–H groups in total. The number of imide groups is 1. The first-order valence-electron chi connectivity index (χ1n) is 6.96. The zero-order valence-electron chi connectivity index (χ0n) is 12.4. The Kier molecular flexibility index (Phi) is 4.54. The van der Waals surface area contributed by atoms with Gasteiger partial charge in [0.15, 0.2) is 0 Å². The minimum absolute atomic E-state index is 0.0157. The standard InChI is InChI=1S/C17H11Cl3N2O2/c1-9-4-2-3-5-12(9)21-15-14(20)16(23)22(17(15)24)13-7-6-10(18)8-11(13)19/h2-8,21H,1H3. The molecule has 0 saturated carbocycles. The van der Waals surface area contributed by atoms with E-state index in [0.717, 1.165) is 10.5 Å². The molecule has 0 atom stereocenters. The molecule has 0 aromatic heterocycles. The van der Waals surface area contributed by atoms with Gasteiger partial charge in [0, 0.05) is 10.7 Å². The summed E-state index contributed by atoms with van der Waals surface area (Å²) in [5.41, 5.74) is 1.85. The summed E-state index contributed by atoms with van der Waals surface area (Å²) in [5.74, 6) is -1.21. The van der Waals surface area contributed by atoms with Crippen molar-refractivity contribution in [3.05, 3.63) is 68.8 Å². The van der Waals surface area contributed by atoms with Crippen molar-refractivity contribution >= 4 is 58.0 Å². The number of rotatable bonds is 3. The van der Waals surface area contributed by atoms with Crippen molar-refractivity contribution in [3.63, 3.8) is 0 Å². The monoisotopic (exact) mass is 380 g/mol. The highest BCUT2D eigenvalue weighted by molar-refractivity contribution is 6.53. The average molecular weight is 382 g/mol. The van der Waals surface area contributed by atoms with Gasteiger partial charge in [-0.1, -0.05) is 53.0 Å². The van der Waals surface area contributed by atoms with Crippen LogP contribution in [0.25, 0.3) is 0 Å². The Bertz CT molecular complexity index is 893. The molecule has 2 aromatic carbocycles. The molecule has 122 valence electrons. The third kappa shape index (κ3) is 2.88. The molecule has 1 aliphatic rings. The van der Waals surface area contributed by atoms with E-state index in [2.05, 4.69) is 5.32 Å². The Labute approximate surface area is 153 Å². The summed E-state index contributed by atoms with van der Waals surface area (Å²) in [7, 11) is 0. The minimum Gasteiger partial charge on any atom is -0.349 e. The molecule has 2 amide bonds. The Morgan fingerprint density at radius 1 is 0.958 bits per heavy atom. The maximum atomic E-state index is 12.7. The van der Waals surface area contributed by atoms with Crippen LogP contribution < -0.4 is 10.2 Å². The second-order valence-electron chi connectivity index (χ2n) is 5.17. The number of benzene rings is 2. The molecule has 0 saturated heterocycles. The third-order valence-corrected chi connectivity index (χ3v) is 4.47. The van der Waals surface area contributed by atoms with E-state index in [0.29, 0.717) is 10.7 Å². The predicted molar refractivity (Wildman–Crippen MR) is 96.6 cm³/mol. The predicted octanol–water partition coefficient (Wildman–Crippen LogP) is 4.74. The molecular weight excluding hydrogens is 371 g/mol. The quantitative estimate of drug-likeness (QED) is 0.781. The van der Waals surface area contributed by atoms with Crippen LogP contribution in [0.15, 0.2) is 53.2 Å². The van der Waals surface area contributed by atoms with Crippen LogP contribution in [0.2, 0.25) is 10.0 Å². The topological polar surface area (TPSA) is 49.4 Å². The molecule has 1 heterocycles. The third-order valence-electron chi connectivity index (χ3n) is 3.58. The lowest BCUT2D eigenvalue weighted by Gasteiger charge is -2.17. The lowest BCUT2D eigenvalue weighted by Crippen LogP contribution is -2.32. The Hall–Kier alpha value is -2.01. The van der Waals surface area contributed by atoms with Crippen LogP contribution in [0.1, 0.15) is 5.56 Å². The molecule has 0 unspecified atom stereocenters. The van der Waals surface area contributed by atoms with E-state index in [9.17, 15) is 9.59 Å². The molecule has 2 aromatic rings. The fraction of sp³-hybridized carbons (Fsp3) is 0.0588. The normalized spacial score (nSPS) is 14.6. The number of hydrogen-bond donors (Lipinski definition) is 1. The number of carbonyl (C=O) groups excluding carboxylic acids is 2. The zero-order valence-corrected chi connectivity index (χ0v) is 14.7. The molecule has 0 fully saturated rings. The summed E-state index contributed by atoms with van der Waals surface area (Å²) < 4.78 is 0. The maximum absolute atomic E-state index is 12.7. The lowest BCUT2D eigenvalue weighted by molar-refractivity contribution is -0.120. The van der Waals surface area contributed by atoms with Gasteiger partial charge in [-0.2, -0.15) is 0 Å². The molecule has 3 rings (SSSR count). The van der Waals surface area contributed by atoms with E-state index in [-0.39, 0.29) is 21.4 Å². The van der Waals surface area contributed by atoms with Gasteiger partial charge >= 0.3 is 0 Å². The van der Waals surface area contributed by atoms with Crippen LogP contribution in [0.3, 0.4) is 0 Å². The number of amides is 2. The van der Waals surface area contributed by atoms with Crippen LogP contribution in [0, 0.1) is 6.92 Å². The van der Waals surface area contributed by atoms with Gasteiger partial charge in [0.2, 0.25) is 0 Å². The number of para-hydroxylation sites is 1. The van der Waals surface area contributed by atoms with Gasteiger partial charge in [0.1, 0.15) is 10.7 Å². The largest absolute Gasteiger partial charge is 0.349 e. The van der Waals surface area contributed by atoms with Gasteiger partial charge in [0.05, 0.1) is 10.7 Å². The SMILES string of the molecule is Cc1ccccc1NC1=C(Cl)C(=O)N(c2ccc(Cl)cc2Cl)C1=O. The van der Waals surface area contributed by atoms with Gasteiger partial charge in [-0.3, -0.25) is 9.59 Å². The first kappa shape index (κ1) is 16.8. The second-order valence-corrected chi connectivity index (χ2v) is 6.39. The highest BCUT2D eigenvalue weighted by Gasteiger charge is 2.39. The van der Waals surface area contributed by atoms with Gasteiger partial charge in [-0.05, 0) is 36.8 Å². The zero-order chi connectivity index (χ0) is 17.4. The Morgan fingerprint density at radius 2 is 1.67 bits per heavy atom. The van der Waals surface area contributed by atoms with E-state index in [1.54, 1.807) is 12.1 Å². The number of nitrogens with zero attached hydrogens (tertiary/aromatic N) is 1. The highest BCUT2D eigenvalue weighted by Crippen LogP contribution is 2.35. The number of halogens is 3. The number of anilines is 2. The van der Waals surface area contributed by atoms with Crippen LogP contribution in [0.4, 0.5) is 11.4 Å². The smallest absolute Gasteiger partial charge is 0.283 e. The molecule has 0 radical (unpaired) electrons. The van der Waals surface area contributed by atoms with Crippen LogP contribution in [-0.4, -0.2) is 11.8 Å². The first-order chi connectivity index (χ1) is 11.4. The number of carbonyl (C=O) groups is 2. The molecule has 0 spiro atoms. The molecule has 7 heteroatoms. The van der Waals surface area contributed by atoms with Crippen molar-refractivity contribution in [1.29, 1.82) is 0 Å². The lowest BCUT2D eigenvalue weighted by atomic mass is 10.2. The summed E-state index contributed by atoms with van der Waals surface area (Å²) >= 11 is 18.1. The van der Waals surface area contributed by atoms with Gasteiger partial charge in [-0.25, -0.2) is 4.90 Å². The molecule has 24 heavy (non-hydrogen) atoms. The van der Waals surface area contributed by atoms with Gasteiger partial charge in [-0.15, -0.1) is 0 Å². The average Bonchev–Trinajstić information content (AvgIpc) is 2.74.